The van der Waals surface area contributed by atoms with Gasteiger partial charge in [0.15, 0.2) is 0 Å². The van der Waals surface area contributed by atoms with Crippen LogP contribution >= 0.6 is 15.9 Å². The third kappa shape index (κ3) is 4.58. The average Bonchev–Trinajstić information content (AvgIpc) is 2.12. The molecule has 5 heteroatoms. The minimum absolute atomic E-state index is 0.0716. The van der Waals surface area contributed by atoms with Gasteiger partial charge in [0.2, 0.25) is 0 Å². The normalized spacial score (nSPS) is 12.6. The molecule has 0 saturated heterocycles. The average molecular weight is 310 g/mol. The summed E-state index contributed by atoms with van der Waals surface area (Å²) in [6, 6.07) is 3.61. The zero-order valence-corrected chi connectivity index (χ0v) is 11.5. The lowest BCUT2D eigenvalue weighted by Gasteiger charge is -2.20. The van der Waals surface area contributed by atoms with Crippen molar-refractivity contribution in [1.82, 2.24) is 0 Å². The summed E-state index contributed by atoms with van der Waals surface area (Å²) in [4.78, 5) is 0. The van der Waals surface area contributed by atoms with Crippen molar-refractivity contribution < 1.29 is 13.2 Å². The fourth-order valence-electron chi connectivity index (χ4n) is 1.20. The third-order valence-electron chi connectivity index (χ3n) is 2.11. The second kappa shape index (κ2) is 4.88. The van der Waals surface area contributed by atoms with Crippen molar-refractivity contribution in [3.8, 4) is 0 Å². The second-order valence-electron chi connectivity index (χ2n) is 5.11. The van der Waals surface area contributed by atoms with Gasteiger partial charge in [0, 0.05) is 16.7 Å². The molecule has 0 saturated carbocycles. The number of alkyl halides is 3. The quantitative estimate of drug-likeness (QED) is 0.817. The van der Waals surface area contributed by atoms with Gasteiger partial charge in [-0.2, -0.15) is 13.2 Å². The van der Waals surface area contributed by atoms with Crippen LogP contribution in [0.25, 0.3) is 0 Å². The lowest BCUT2D eigenvalue weighted by molar-refractivity contribution is -0.137. The van der Waals surface area contributed by atoms with E-state index in [0.717, 1.165) is 12.1 Å². The van der Waals surface area contributed by atoms with Crippen LogP contribution in [-0.2, 0) is 6.18 Å². The van der Waals surface area contributed by atoms with E-state index in [1.54, 1.807) is 0 Å². The summed E-state index contributed by atoms with van der Waals surface area (Å²) in [5.74, 6) is 0. The van der Waals surface area contributed by atoms with Gasteiger partial charge in [-0.3, -0.25) is 0 Å². The van der Waals surface area contributed by atoms with Crippen molar-refractivity contribution >= 4 is 21.6 Å². The fraction of sp³-hybridized carbons (Fsp3) is 0.500. The number of hydrogen-bond donors (Lipinski definition) is 1. The van der Waals surface area contributed by atoms with Gasteiger partial charge in [0.25, 0.3) is 0 Å². The molecule has 0 unspecified atom stereocenters. The van der Waals surface area contributed by atoms with Crippen molar-refractivity contribution in [2.45, 2.75) is 26.9 Å². The van der Waals surface area contributed by atoms with Crippen LogP contribution in [0.2, 0.25) is 0 Å². The predicted octanol–water partition coefficient (Wildman–Crippen LogP) is 4.93. The molecule has 17 heavy (non-hydrogen) atoms. The highest BCUT2D eigenvalue weighted by Crippen LogP contribution is 2.34. The molecule has 0 heterocycles. The van der Waals surface area contributed by atoms with Crippen molar-refractivity contribution in [2.24, 2.45) is 5.41 Å². The Morgan fingerprint density at radius 1 is 1.18 bits per heavy atom. The number of anilines is 1. The van der Waals surface area contributed by atoms with E-state index < -0.39 is 11.7 Å². The molecule has 0 bridgehead atoms. The first kappa shape index (κ1) is 14.4. The Morgan fingerprint density at radius 3 is 2.18 bits per heavy atom. The molecular weight excluding hydrogens is 295 g/mol. The standard InChI is InChI=1S/C12H15BrF3N/c1-11(2,3)7-17-10-5-4-8(6-9(10)13)12(14,15)16/h4-6,17H,7H2,1-3H3. The first-order valence-corrected chi connectivity index (χ1v) is 5.99. The molecule has 96 valence electrons. The highest BCUT2D eigenvalue weighted by atomic mass is 79.9. The summed E-state index contributed by atoms with van der Waals surface area (Å²) in [6.07, 6.45) is -4.30. The molecule has 1 aromatic carbocycles. The molecule has 0 fully saturated rings. The summed E-state index contributed by atoms with van der Waals surface area (Å²) in [7, 11) is 0. The molecule has 0 aliphatic rings. The summed E-state index contributed by atoms with van der Waals surface area (Å²) >= 11 is 3.14. The Hall–Kier alpha value is -0.710. The first-order chi connectivity index (χ1) is 7.59. The molecule has 0 aromatic heterocycles. The summed E-state index contributed by atoms with van der Waals surface area (Å²) < 4.78 is 37.7. The Bertz CT molecular complexity index is 394. The van der Waals surface area contributed by atoms with Crippen LogP contribution in [0.1, 0.15) is 26.3 Å². The minimum Gasteiger partial charge on any atom is -0.384 e. The molecule has 0 atom stereocenters. The summed E-state index contributed by atoms with van der Waals surface area (Å²) in [5, 5.41) is 3.12. The Labute approximate surface area is 108 Å². The van der Waals surface area contributed by atoms with Crippen LogP contribution in [0.3, 0.4) is 0 Å². The zero-order chi connectivity index (χ0) is 13.3. The van der Waals surface area contributed by atoms with Gasteiger partial charge in [0.1, 0.15) is 0 Å². The van der Waals surface area contributed by atoms with E-state index in [9.17, 15) is 13.2 Å². The molecule has 0 radical (unpaired) electrons. The van der Waals surface area contributed by atoms with Crippen molar-refractivity contribution in [3.05, 3.63) is 28.2 Å². The van der Waals surface area contributed by atoms with E-state index in [1.807, 2.05) is 0 Å². The third-order valence-corrected chi connectivity index (χ3v) is 2.76. The molecule has 1 aromatic rings. The van der Waals surface area contributed by atoms with Gasteiger partial charge in [-0.25, -0.2) is 0 Å². The smallest absolute Gasteiger partial charge is 0.384 e. The van der Waals surface area contributed by atoms with E-state index in [-0.39, 0.29) is 5.41 Å². The monoisotopic (exact) mass is 309 g/mol. The van der Waals surface area contributed by atoms with Gasteiger partial charge < -0.3 is 5.32 Å². The SMILES string of the molecule is CC(C)(C)CNc1ccc(C(F)(F)F)cc1Br. The van der Waals surface area contributed by atoms with Crippen LogP contribution in [0.15, 0.2) is 22.7 Å². The van der Waals surface area contributed by atoms with Crippen molar-refractivity contribution in [1.29, 1.82) is 0 Å². The maximum Gasteiger partial charge on any atom is 0.416 e. The molecule has 0 amide bonds. The van der Waals surface area contributed by atoms with Gasteiger partial charge in [-0.05, 0) is 39.5 Å². The highest BCUT2D eigenvalue weighted by Gasteiger charge is 2.30. The largest absolute Gasteiger partial charge is 0.416 e. The van der Waals surface area contributed by atoms with Crippen LogP contribution < -0.4 is 5.32 Å². The fourth-order valence-corrected chi connectivity index (χ4v) is 1.71. The van der Waals surface area contributed by atoms with Gasteiger partial charge in [-0.15, -0.1) is 0 Å². The van der Waals surface area contributed by atoms with E-state index >= 15 is 0 Å². The maximum atomic E-state index is 12.4. The van der Waals surface area contributed by atoms with Crippen molar-refractivity contribution in [2.75, 3.05) is 11.9 Å². The Morgan fingerprint density at radius 2 is 1.76 bits per heavy atom. The molecule has 0 spiro atoms. The first-order valence-electron chi connectivity index (χ1n) is 5.20. The van der Waals surface area contributed by atoms with Gasteiger partial charge in [0.05, 0.1) is 5.56 Å². The number of halogens is 4. The predicted molar refractivity (Wildman–Crippen MR) is 67.1 cm³/mol. The maximum absolute atomic E-state index is 12.4. The van der Waals surface area contributed by atoms with Crippen LogP contribution in [0.4, 0.5) is 18.9 Å². The molecular formula is C12H15BrF3N. The lowest BCUT2D eigenvalue weighted by atomic mass is 9.97. The minimum atomic E-state index is -4.30. The van der Waals surface area contributed by atoms with E-state index in [2.05, 4.69) is 42.0 Å². The summed E-state index contributed by atoms with van der Waals surface area (Å²) in [5.41, 5.74) is 0.0981. The second-order valence-corrected chi connectivity index (χ2v) is 5.96. The van der Waals surface area contributed by atoms with E-state index in [0.29, 0.717) is 16.7 Å². The van der Waals surface area contributed by atoms with Gasteiger partial charge in [-0.1, -0.05) is 20.8 Å². The van der Waals surface area contributed by atoms with Crippen LogP contribution in [0.5, 0.6) is 0 Å². The molecule has 0 aliphatic carbocycles. The van der Waals surface area contributed by atoms with E-state index in [4.69, 9.17) is 0 Å². The van der Waals surface area contributed by atoms with Crippen LogP contribution in [0, 0.1) is 5.41 Å². The number of hydrogen-bond acceptors (Lipinski definition) is 1. The molecule has 1 nitrogen and oxygen atoms in total. The zero-order valence-electron chi connectivity index (χ0n) is 9.95. The van der Waals surface area contributed by atoms with Crippen molar-refractivity contribution in [3.63, 3.8) is 0 Å². The number of nitrogens with one attached hydrogen (secondary N) is 1. The topological polar surface area (TPSA) is 12.0 Å². The number of benzene rings is 1. The van der Waals surface area contributed by atoms with E-state index in [1.165, 1.54) is 6.07 Å². The molecule has 1 rings (SSSR count). The van der Waals surface area contributed by atoms with Crippen LogP contribution in [-0.4, -0.2) is 6.54 Å². The molecule has 0 aliphatic heterocycles. The highest BCUT2D eigenvalue weighted by molar-refractivity contribution is 9.10. The summed E-state index contributed by atoms with van der Waals surface area (Å²) in [6.45, 7) is 6.85. The lowest BCUT2D eigenvalue weighted by Crippen LogP contribution is -2.19. The number of rotatable bonds is 2. The Balaban J connectivity index is 2.84. The van der Waals surface area contributed by atoms with Gasteiger partial charge >= 0.3 is 6.18 Å². The Kier molecular flexibility index (Phi) is 4.12. The molecule has 1 N–H and O–H groups in total.